The van der Waals surface area contributed by atoms with Gasteiger partial charge >= 0.3 is 0 Å². The lowest BCUT2D eigenvalue weighted by Gasteiger charge is -2.32. The fourth-order valence-corrected chi connectivity index (χ4v) is 3.26. The summed E-state index contributed by atoms with van der Waals surface area (Å²) in [5, 5.41) is 2.76. The van der Waals surface area contributed by atoms with E-state index in [0.717, 1.165) is 37.4 Å². The number of halogens is 1. The van der Waals surface area contributed by atoms with Gasteiger partial charge < -0.3 is 14.8 Å². The maximum Gasteiger partial charge on any atom is 0.238 e. The number of para-hydroxylation sites is 2. The van der Waals surface area contributed by atoms with Gasteiger partial charge in [0.15, 0.2) is 11.5 Å². The highest BCUT2D eigenvalue weighted by molar-refractivity contribution is 5.92. The molecule has 0 aliphatic carbocycles. The summed E-state index contributed by atoms with van der Waals surface area (Å²) in [6.45, 7) is 6.08. The van der Waals surface area contributed by atoms with Crippen molar-refractivity contribution in [1.82, 2.24) is 4.90 Å². The third-order valence-corrected chi connectivity index (χ3v) is 4.80. The van der Waals surface area contributed by atoms with Crippen LogP contribution in [0.5, 0.6) is 11.5 Å². The highest BCUT2D eigenvalue weighted by Gasteiger charge is 2.23. The topological polar surface area (TPSA) is 50.8 Å². The Bertz CT molecular complexity index is 804. The number of hydrogen-bond donors (Lipinski definition) is 1. The number of carbonyl (C=O) groups excluding carboxylic acids is 1. The molecule has 150 valence electrons. The second-order valence-corrected chi connectivity index (χ2v) is 6.99. The van der Waals surface area contributed by atoms with Gasteiger partial charge in [0.25, 0.3) is 0 Å². The molecule has 28 heavy (non-hydrogen) atoms. The number of nitrogens with one attached hydrogen (secondary N) is 1. The number of nitrogens with zero attached hydrogens (tertiary/aromatic N) is 1. The van der Waals surface area contributed by atoms with Crippen LogP contribution in [0.2, 0.25) is 0 Å². The maximum atomic E-state index is 13.6. The zero-order valence-corrected chi connectivity index (χ0v) is 16.4. The molecular weight excluding hydrogens is 359 g/mol. The summed E-state index contributed by atoms with van der Waals surface area (Å²) < 4.78 is 25.3. The third kappa shape index (κ3) is 5.45. The number of ether oxygens (including phenoxy) is 2. The van der Waals surface area contributed by atoms with Crippen LogP contribution in [-0.2, 0) is 4.79 Å². The first-order chi connectivity index (χ1) is 13.5. The number of hydrogen-bond acceptors (Lipinski definition) is 4. The maximum absolute atomic E-state index is 13.6. The van der Waals surface area contributed by atoms with Crippen LogP contribution in [0.4, 0.5) is 10.1 Å². The lowest BCUT2D eigenvalue weighted by atomic mass is 10.1. The summed E-state index contributed by atoms with van der Waals surface area (Å²) in [7, 11) is 0. The van der Waals surface area contributed by atoms with Gasteiger partial charge in [0.1, 0.15) is 11.9 Å². The third-order valence-electron chi connectivity index (χ3n) is 4.80. The van der Waals surface area contributed by atoms with Crippen molar-refractivity contribution >= 4 is 11.6 Å². The van der Waals surface area contributed by atoms with Crippen LogP contribution in [0, 0.1) is 12.7 Å². The molecular formula is C22H27FN2O3. The minimum Gasteiger partial charge on any atom is -0.490 e. The SMILES string of the molecule is CCOc1ccccc1OC1CCN(CC(=O)Nc2ccc(C)c(F)c2)CC1. The molecule has 0 bridgehead atoms. The summed E-state index contributed by atoms with van der Waals surface area (Å²) in [5.74, 6) is 1.08. The Morgan fingerprint density at radius 1 is 1.18 bits per heavy atom. The van der Waals surface area contributed by atoms with Crippen molar-refractivity contribution < 1.29 is 18.7 Å². The first-order valence-corrected chi connectivity index (χ1v) is 9.72. The first-order valence-electron chi connectivity index (χ1n) is 9.72. The molecule has 1 fully saturated rings. The van der Waals surface area contributed by atoms with E-state index in [1.54, 1.807) is 19.1 Å². The zero-order chi connectivity index (χ0) is 19.9. The largest absolute Gasteiger partial charge is 0.490 e. The Morgan fingerprint density at radius 3 is 2.57 bits per heavy atom. The van der Waals surface area contributed by atoms with Crippen molar-refractivity contribution in [2.45, 2.75) is 32.8 Å². The lowest BCUT2D eigenvalue weighted by Crippen LogP contribution is -2.42. The van der Waals surface area contributed by atoms with E-state index in [0.29, 0.717) is 17.9 Å². The van der Waals surface area contributed by atoms with Gasteiger partial charge in [-0.3, -0.25) is 9.69 Å². The van der Waals surface area contributed by atoms with E-state index in [9.17, 15) is 9.18 Å². The van der Waals surface area contributed by atoms with Crippen LogP contribution in [0.3, 0.4) is 0 Å². The molecule has 6 heteroatoms. The quantitative estimate of drug-likeness (QED) is 0.781. The second kappa shape index (κ2) is 9.55. The van der Waals surface area contributed by atoms with Crippen molar-refractivity contribution in [2.75, 3.05) is 31.6 Å². The molecule has 1 aliphatic heterocycles. The molecule has 2 aromatic rings. The van der Waals surface area contributed by atoms with Gasteiger partial charge in [0, 0.05) is 18.8 Å². The minimum absolute atomic E-state index is 0.104. The molecule has 1 heterocycles. The lowest BCUT2D eigenvalue weighted by molar-refractivity contribution is -0.117. The number of anilines is 1. The van der Waals surface area contributed by atoms with Crippen LogP contribution in [0.15, 0.2) is 42.5 Å². The molecule has 1 N–H and O–H groups in total. The smallest absolute Gasteiger partial charge is 0.238 e. The van der Waals surface area contributed by atoms with E-state index in [1.807, 2.05) is 31.2 Å². The fourth-order valence-electron chi connectivity index (χ4n) is 3.26. The van der Waals surface area contributed by atoms with E-state index in [1.165, 1.54) is 6.07 Å². The van der Waals surface area contributed by atoms with Crippen molar-refractivity contribution in [3.05, 3.63) is 53.8 Å². The zero-order valence-electron chi connectivity index (χ0n) is 16.4. The van der Waals surface area contributed by atoms with Crippen LogP contribution >= 0.6 is 0 Å². The normalized spacial score (nSPS) is 15.2. The number of aryl methyl sites for hydroxylation is 1. The van der Waals surface area contributed by atoms with E-state index in [2.05, 4.69) is 10.2 Å². The van der Waals surface area contributed by atoms with Gasteiger partial charge in [-0.15, -0.1) is 0 Å². The van der Waals surface area contributed by atoms with Crippen LogP contribution in [-0.4, -0.2) is 43.2 Å². The number of rotatable bonds is 7. The van der Waals surface area contributed by atoms with Crippen LogP contribution in [0.25, 0.3) is 0 Å². The number of likely N-dealkylation sites (tertiary alicyclic amines) is 1. The van der Waals surface area contributed by atoms with Crippen LogP contribution < -0.4 is 14.8 Å². The molecule has 0 unspecified atom stereocenters. The number of amides is 1. The number of piperidine rings is 1. The van der Waals surface area contributed by atoms with Gasteiger partial charge in [-0.25, -0.2) is 4.39 Å². The summed E-state index contributed by atoms with van der Waals surface area (Å²) >= 11 is 0. The molecule has 0 saturated carbocycles. The Morgan fingerprint density at radius 2 is 1.89 bits per heavy atom. The Labute approximate surface area is 165 Å². The number of carbonyl (C=O) groups is 1. The van der Waals surface area contributed by atoms with E-state index in [4.69, 9.17) is 9.47 Å². The Hall–Kier alpha value is -2.60. The molecule has 0 spiro atoms. The van der Waals surface area contributed by atoms with Gasteiger partial charge in [-0.1, -0.05) is 18.2 Å². The summed E-state index contributed by atoms with van der Waals surface area (Å²) in [6.07, 6.45) is 1.78. The first kappa shape index (κ1) is 20.1. The molecule has 2 aromatic carbocycles. The van der Waals surface area contributed by atoms with Crippen molar-refractivity contribution in [1.29, 1.82) is 0 Å². The van der Waals surface area contributed by atoms with E-state index < -0.39 is 0 Å². The molecule has 1 aliphatic rings. The summed E-state index contributed by atoms with van der Waals surface area (Å²) in [5.41, 5.74) is 1.05. The average molecular weight is 386 g/mol. The van der Waals surface area contributed by atoms with Crippen molar-refractivity contribution in [2.24, 2.45) is 0 Å². The predicted molar refractivity (Wildman–Crippen MR) is 107 cm³/mol. The Balaban J connectivity index is 1.46. The van der Waals surface area contributed by atoms with E-state index in [-0.39, 0.29) is 24.4 Å². The molecule has 0 aromatic heterocycles. The van der Waals surface area contributed by atoms with Crippen molar-refractivity contribution in [3.63, 3.8) is 0 Å². The second-order valence-electron chi connectivity index (χ2n) is 6.99. The molecule has 0 atom stereocenters. The molecule has 5 nitrogen and oxygen atoms in total. The fraction of sp³-hybridized carbons (Fsp3) is 0.409. The minimum atomic E-state index is -0.317. The van der Waals surface area contributed by atoms with Gasteiger partial charge in [-0.2, -0.15) is 0 Å². The summed E-state index contributed by atoms with van der Waals surface area (Å²) in [4.78, 5) is 14.3. The number of benzene rings is 2. The summed E-state index contributed by atoms with van der Waals surface area (Å²) in [6, 6.07) is 12.4. The molecule has 0 radical (unpaired) electrons. The van der Waals surface area contributed by atoms with Gasteiger partial charge in [0.2, 0.25) is 5.91 Å². The van der Waals surface area contributed by atoms with E-state index >= 15 is 0 Å². The van der Waals surface area contributed by atoms with Crippen molar-refractivity contribution in [3.8, 4) is 11.5 Å². The average Bonchev–Trinajstić information content (AvgIpc) is 2.68. The molecule has 1 amide bonds. The van der Waals surface area contributed by atoms with Gasteiger partial charge in [0.05, 0.1) is 13.2 Å². The Kier molecular flexibility index (Phi) is 6.87. The molecule has 3 rings (SSSR count). The highest BCUT2D eigenvalue weighted by Crippen LogP contribution is 2.29. The highest BCUT2D eigenvalue weighted by atomic mass is 19.1. The van der Waals surface area contributed by atoms with Gasteiger partial charge in [-0.05, 0) is 56.5 Å². The predicted octanol–water partition coefficient (Wildman–Crippen LogP) is 4.01. The monoisotopic (exact) mass is 386 g/mol. The standard InChI is InChI=1S/C22H27FN2O3/c1-3-27-20-6-4-5-7-21(20)28-18-10-12-25(13-11-18)15-22(26)24-17-9-8-16(2)19(23)14-17/h4-9,14,18H,3,10-13,15H2,1-2H3,(H,24,26). The van der Waals surface area contributed by atoms with Crippen LogP contribution in [0.1, 0.15) is 25.3 Å². The molecule has 1 saturated heterocycles.